The summed E-state index contributed by atoms with van der Waals surface area (Å²) in [6, 6.07) is 28.6. The normalized spacial score (nSPS) is 10.6. The van der Waals surface area contributed by atoms with Gasteiger partial charge in [-0.1, -0.05) is 54.1 Å². The third kappa shape index (κ3) is 2.88. The van der Waals surface area contributed by atoms with Gasteiger partial charge in [0.1, 0.15) is 0 Å². The Morgan fingerprint density at radius 3 is 2.40 bits per heavy atom. The van der Waals surface area contributed by atoms with Gasteiger partial charge in [0.2, 0.25) is 0 Å². The van der Waals surface area contributed by atoms with Crippen LogP contribution in [0.3, 0.4) is 0 Å². The standard InChI is InChI=1S/C23H16N2/c1-16-10-11-22-21(12-16)20(18-7-3-2-4-8-18)14-23(25-22)19-9-5-6-17(13-19)15-24/h2-14H,1H3. The van der Waals surface area contributed by atoms with Crippen molar-refractivity contribution in [2.45, 2.75) is 6.92 Å². The Morgan fingerprint density at radius 2 is 1.60 bits per heavy atom. The molecule has 0 spiro atoms. The van der Waals surface area contributed by atoms with E-state index in [1.165, 1.54) is 5.56 Å². The summed E-state index contributed by atoms with van der Waals surface area (Å²) in [5.41, 5.74) is 6.98. The van der Waals surface area contributed by atoms with E-state index < -0.39 is 0 Å². The predicted octanol–water partition coefficient (Wildman–Crippen LogP) is 5.75. The molecule has 1 heterocycles. The number of aryl methyl sites for hydroxylation is 1. The summed E-state index contributed by atoms with van der Waals surface area (Å²) in [5, 5.41) is 10.3. The lowest BCUT2D eigenvalue weighted by Crippen LogP contribution is -1.91. The minimum Gasteiger partial charge on any atom is -0.248 e. The Balaban J connectivity index is 2.01. The van der Waals surface area contributed by atoms with E-state index in [1.807, 2.05) is 42.5 Å². The Hall–Kier alpha value is -3.44. The van der Waals surface area contributed by atoms with Crippen LogP contribution in [0.15, 0.2) is 78.9 Å². The summed E-state index contributed by atoms with van der Waals surface area (Å²) >= 11 is 0. The lowest BCUT2D eigenvalue weighted by Gasteiger charge is -2.11. The molecule has 0 saturated carbocycles. The minimum atomic E-state index is 0.643. The summed E-state index contributed by atoms with van der Waals surface area (Å²) in [5.74, 6) is 0. The zero-order chi connectivity index (χ0) is 17.2. The summed E-state index contributed by atoms with van der Waals surface area (Å²) in [6.45, 7) is 2.10. The first-order chi connectivity index (χ1) is 12.2. The number of hydrogen-bond donors (Lipinski definition) is 0. The quantitative estimate of drug-likeness (QED) is 0.471. The van der Waals surface area contributed by atoms with Crippen LogP contribution >= 0.6 is 0 Å². The molecule has 0 aliphatic heterocycles. The lowest BCUT2D eigenvalue weighted by atomic mass is 9.97. The highest BCUT2D eigenvalue weighted by molar-refractivity contribution is 5.97. The van der Waals surface area contributed by atoms with Crippen LogP contribution < -0.4 is 0 Å². The number of nitrogens with zero attached hydrogens (tertiary/aromatic N) is 2. The van der Waals surface area contributed by atoms with E-state index >= 15 is 0 Å². The molecule has 0 radical (unpaired) electrons. The van der Waals surface area contributed by atoms with E-state index in [0.29, 0.717) is 5.56 Å². The van der Waals surface area contributed by atoms with Crippen molar-refractivity contribution in [3.63, 3.8) is 0 Å². The number of aromatic nitrogens is 1. The third-order valence-electron chi connectivity index (χ3n) is 4.34. The van der Waals surface area contributed by atoms with Crippen molar-refractivity contribution in [1.29, 1.82) is 5.26 Å². The predicted molar refractivity (Wildman–Crippen MR) is 102 cm³/mol. The molecule has 0 aliphatic carbocycles. The van der Waals surface area contributed by atoms with Gasteiger partial charge in [0.05, 0.1) is 22.8 Å². The number of fused-ring (bicyclic) bond motifs is 1. The van der Waals surface area contributed by atoms with Crippen molar-refractivity contribution >= 4 is 10.9 Å². The van der Waals surface area contributed by atoms with E-state index in [1.54, 1.807) is 0 Å². The molecule has 0 amide bonds. The summed E-state index contributed by atoms with van der Waals surface area (Å²) in [4.78, 5) is 4.84. The zero-order valence-corrected chi connectivity index (χ0v) is 13.9. The Kier molecular flexibility index (Phi) is 3.76. The lowest BCUT2D eigenvalue weighted by molar-refractivity contribution is 1.38. The van der Waals surface area contributed by atoms with Gasteiger partial charge in [-0.25, -0.2) is 4.98 Å². The number of hydrogen-bond acceptors (Lipinski definition) is 2. The maximum Gasteiger partial charge on any atom is 0.0991 e. The van der Waals surface area contributed by atoms with Crippen LogP contribution in [0.1, 0.15) is 11.1 Å². The Morgan fingerprint density at radius 1 is 0.800 bits per heavy atom. The molecule has 0 saturated heterocycles. The fraction of sp³-hybridized carbons (Fsp3) is 0.0435. The second-order valence-corrected chi connectivity index (χ2v) is 6.13. The molecular formula is C23H16N2. The molecule has 0 N–H and O–H groups in total. The first kappa shape index (κ1) is 15.1. The molecule has 2 heteroatoms. The topological polar surface area (TPSA) is 36.7 Å². The first-order valence-electron chi connectivity index (χ1n) is 8.22. The molecule has 0 unspecified atom stereocenters. The van der Waals surface area contributed by atoms with Crippen molar-refractivity contribution in [2.75, 3.05) is 0 Å². The number of nitriles is 1. The average Bonchev–Trinajstić information content (AvgIpc) is 2.68. The smallest absolute Gasteiger partial charge is 0.0991 e. The fourth-order valence-corrected chi connectivity index (χ4v) is 3.09. The van der Waals surface area contributed by atoms with Gasteiger partial charge < -0.3 is 0 Å². The second kappa shape index (κ2) is 6.22. The van der Waals surface area contributed by atoms with Gasteiger partial charge in [-0.2, -0.15) is 5.26 Å². The van der Waals surface area contributed by atoms with Crippen molar-refractivity contribution in [3.8, 4) is 28.5 Å². The van der Waals surface area contributed by atoms with Crippen molar-refractivity contribution in [1.82, 2.24) is 4.98 Å². The summed E-state index contributed by atoms with van der Waals surface area (Å²) in [6.07, 6.45) is 0. The van der Waals surface area contributed by atoms with E-state index in [-0.39, 0.29) is 0 Å². The molecule has 25 heavy (non-hydrogen) atoms. The van der Waals surface area contributed by atoms with Crippen molar-refractivity contribution < 1.29 is 0 Å². The van der Waals surface area contributed by atoms with E-state index in [9.17, 15) is 5.26 Å². The van der Waals surface area contributed by atoms with Crippen LogP contribution in [0.4, 0.5) is 0 Å². The fourth-order valence-electron chi connectivity index (χ4n) is 3.09. The number of rotatable bonds is 2. The largest absolute Gasteiger partial charge is 0.248 e. The van der Waals surface area contributed by atoms with Crippen LogP contribution in [-0.2, 0) is 0 Å². The molecule has 4 aromatic rings. The van der Waals surface area contributed by atoms with E-state index in [0.717, 1.165) is 33.3 Å². The Labute approximate surface area is 147 Å². The molecule has 0 bridgehead atoms. The van der Waals surface area contributed by atoms with Gasteiger partial charge in [-0.15, -0.1) is 0 Å². The first-order valence-corrected chi connectivity index (χ1v) is 8.22. The van der Waals surface area contributed by atoms with Crippen LogP contribution in [0.5, 0.6) is 0 Å². The highest BCUT2D eigenvalue weighted by atomic mass is 14.7. The highest BCUT2D eigenvalue weighted by Gasteiger charge is 2.10. The highest BCUT2D eigenvalue weighted by Crippen LogP contribution is 2.32. The Bertz CT molecular complexity index is 1110. The van der Waals surface area contributed by atoms with Crippen LogP contribution in [-0.4, -0.2) is 4.98 Å². The van der Waals surface area contributed by atoms with Gasteiger partial charge in [-0.3, -0.25) is 0 Å². The monoisotopic (exact) mass is 320 g/mol. The van der Waals surface area contributed by atoms with Crippen LogP contribution in [0.25, 0.3) is 33.3 Å². The van der Waals surface area contributed by atoms with Gasteiger partial charge in [-0.05, 0) is 48.4 Å². The summed E-state index contributed by atoms with van der Waals surface area (Å²) < 4.78 is 0. The van der Waals surface area contributed by atoms with Crippen LogP contribution in [0.2, 0.25) is 0 Å². The molecule has 4 rings (SSSR count). The minimum absolute atomic E-state index is 0.643. The van der Waals surface area contributed by atoms with Gasteiger partial charge >= 0.3 is 0 Å². The molecule has 0 fully saturated rings. The van der Waals surface area contributed by atoms with Gasteiger partial charge in [0.15, 0.2) is 0 Å². The molecular weight excluding hydrogens is 304 g/mol. The molecule has 118 valence electrons. The number of pyridine rings is 1. The third-order valence-corrected chi connectivity index (χ3v) is 4.34. The molecule has 2 nitrogen and oxygen atoms in total. The van der Waals surface area contributed by atoms with Crippen molar-refractivity contribution in [3.05, 3.63) is 90.0 Å². The van der Waals surface area contributed by atoms with Gasteiger partial charge in [0, 0.05) is 10.9 Å². The maximum absolute atomic E-state index is 9.17. The molecule has 0 atom stereocenters. The molecule has 1 aromatic heterocycles. The van der Waals surface area contributed by atoms with E-state index in [4.69, 9.17) is 4.98 Å². The van der Waals surface area contributed by atoms with Gasteiger partial charge in [0.25, 0.3) is 0 Å². The maximum atomic E-state index is 9.17. The number of benzene rings is 3. The van der Waals surface area contributed by atoms with Crippen molar-refractivity contribution in [2.24, 2.45) is 0 Å². The van der Waals surface area contributed by atoms with E-state index in [2.05, 4.69) is 49.4 Å². The second-order valence-electron chi connectivity index (χ2n) is 6.13. The molecule has 0 aliphatic rings. The summed E-state index contributed by atoms with van der Waals surface area (Å²) in [7, 11) is 0. The molecule has 3 aromatic carbocycles. The van der Waals surface area contributed by atoms with Crippen LogP contribution in [0, 0.1) is 18.3 Å². The average molecular weight is 320 g/mol. The SMILES string of the molecule is Cc1ccc2nc(-c3cccc(C#N)c3)cc(-c3ccccc3)c2c1. The zero-order valence-electron chi connectivity index (χ0n) is 13.9.